The zero-order chi connectivity index (χ0) is 12.0. The first-order valence-electron chi connectivity index (χ1n) is 5.28. The molecule has 3 nitrogen and oxygen atoms in total. The first-order valence-corrected chi connectivity index (χ1v) is 7.78. The molecule has 0 saturated heterocycles. The monoisotopic (exact) mass is 261 g/mol. The molecule has 0 aliphatic carbocycles. The summed E-state index contributed by atoms with van der Waals surface area (Å²) in [6.07, 6.45) is 2.70. The van der Waals surface area contributed by atoms with Gasteiger partial charge in [-0.2, -0.15) is 0 Å². The van der Waals surface area contributed by atoms with Gasteiger partial charge in [0.05, 0.1) is 12.0 Å². The van der Waals surface area contributed by atoms with Crippen LogP contribution in [0.15, 0.2) is 11.4 Å². The first kappa shape index (κ1) is 13.7. The highest BCUT2D eigenvalue weighted by atomic mass is 32.2. The fraction of sp³-hybridized carbons (Fsp3) is 0.636. The van der Waals surface area contributed by atoms with Crippen LogP contribution in [0.25, 0.3) is 0 Å². The highest BCUT2D eigenvalue weighted by Gasteiger charge is 2.06. The number of hydrogen-bond donors (Lipinski definition) is 1. The van der Waals surface area contributed by atoms with E-state index >= 15 is 0 Å². The second-order valence-corrected chi connectivity index (χ2v) is 6.49. The van der Waals surface area contributed by atoms with Crippen LogP contribution in [0, 0.1) is 0 Å². The molecule has 1 heterocycles. The van der Waals surface area contributed by atoms with Crippen LogP contribution in [0.2, 0.25) is 0 Å². The second-order valence-electron chi connectivity index (χ2n) is 3.69. The number of rotatable bonds is 7. The first-order chi connectivity index (χ1) is 7.65. The fourth-order valence-corrected chi connectivity index (χ4v) is 2.57. The van der Waals surface area contributed by atoms with Gasteiger partial charge in [-0.15, -0.1) is 11.3 Å². The standard InChI is InChI=1S/C11H19NO2S2/c1-9(16(3)13)4-6-12-8-11-10(14-2)5-7-15-11/h5,7,9,12H,4,6,8H2,1-3H3. The van der Waals surface area contributed by atoms with Crippen molar-refractivity contribution < 1.29 is 8.95 Å². The van der Waals surface area contributed by atoms with Gasteiger partial charge < -0.3 is 10.1 Å². The summed E-state index contributed by atoms with van der Waals surface area (Å²) in [7, 11) is 0.970. The van der Waals surface area contributed by atoms with Crippen molar-refractivity contribution in [1.29, 1.82) is 0 Å². The topological polar surface area (TPSA) is 38.3 Å². The van der Waals surface area contributed by atoms with Crippen molar-refractivity contribution >= 4 is 22.1 Å². The van der Waals surface area contributed by atoms with E-state index in [2.05, 4.69) is 5.32 Å². The van der Waals surface area contributed by atoms with E-state index in [1.165, 1.54) is 4.88 Å². The lowest BCUT2D eigenvalue weighted by atomic mass is 10.3. The van der Waals surface area contributed by atoms with Crippen molar-refractivity contribution in [1.82, 2.24) is 5.32 Å². The predicted molar refractivity (Wildman–Crippen MR) is 70.7 cm³/mol. The summed E-state index contributed by atoms with van der Waals surface area (Å²) in [6.45, 7) is 3.73. The molecule has 1 aromatic rings. The van der Waals surface area contributed by atoms with Crippen LogP contribution in [0.5, 0.6) is 5.75 Å². The van der Waals surface area contributed by atoms with Crippen molar-refractivity contribution in [2.24, 2.45) is 0 Å². The van der Waals surface area contributed by atoms with Gasteiger partial charge in [0.1, 0.15) is 5.75 Å². The quantitative estimate of drug-likeness (QED) is 0.763. The normalized spacial score (nSPS) is 14.7. The summed E-state index contributed by atoms with van der Waals surface area (Å²) in [5, 5.41) is 5.63. The van der Waals surface area contributed by atoms with E-state index in [4.69, 9.17) is 4.74 Å². The molecule has 2 unspecified atom stereocenters. The maximum absolute atomic E-state index is 11.1. The molecule has 5 heteroatoms. The van der Waals surface area contributed by atoms with Gasteiger partial charge in [-0.25, -0.2) is 0 Å². The molecule has 1 rings (SSSR count). The maximum atomic E-state index is 11.1. The molecule has 2 atom stereocenters. The van der Waals surface area contributed by atoms with E-state index < -0.39 is 10.8 Å². The molecule has 0 bridgehead atoms. The third-order valence-corrected chi connectivity index (χ3v) is 4.78. The molecule has 92 valence electrons. The van der Waals surface area contributed by atoms with Crippen LogP contribution in [-0.2, 0) is 17.3 Å². The Labute approximate surface area is 104 Å². The number of ether oxygens (including phenoxy) is 1. The average molecular weight is 261 g/mol. The Morgan fingerprint density at radius 1 is 1.62 bits per heavy atom. The van der Waals surface area contributed by atoms with Gasteiger partial charge >= 0.3 is 0 Å². The summed E-state index contributed by atoms with van der Waals surface area (Å²) in [4.78, 5) is 1.22. The number of nitrogens with one attached hydrogen (secondary N) is 1. The predicted octanol–water partition coefficient (Wildman–Crippen LogP) is 2.00. The molecule has 0 spiro atoms. The summed E-state index contributed by atoms with van der Waals surface area (Å²) < 4.78 is 16.4. The highest BCUT2D eigenvalue weighted by Crippen LogP contribution is 2.23. The van der Waals surface area contributed by atoms with E-state index in [1.54, 1.807) is 24.7 Å². The smallest absolute Gasteiger partial charge is 0.134 e. The Morgan fingerprint density at radius 3 is 3.00 bits per heavy atom. The molecule has 1 N–H and O–H groups in total. The summed E-state index contributed by atoms with van der Waals surface area (Å²) >= 11 is 1.69. The molecule has 0 saturated carbocycles. The Bertz CT molecular complexity index is 338. The minimum Gasteiger partial charge on any atom is -0.496 e. The molecule has 1 aromatic heterocycles. The third-order valence-electron chi connectivity index (χ3n) is 2.50. The molecule has 0 aliphatic heterocycles. The van der Waals surface area contributed by atoms with Crippen LogP contribution in [0.3, 0.4) is 0 Å². The van der Waals surface area contributed by atoms with Gasteiger partial charge in [-0.05, 0) is 24.4 Å². The van der Waals surface area contributed by atoms with Crippen LogP contribution in [0.1, 0.15) is 18.2 Å². The van der Waals surface area contributed by atoms with Gasteiger partial charge in [-0.1, -0.05) is 6.92 Å². The number of methoxy groups -OCH3 is 1. The Hall–Kier alpha value is -0.390. The molecule has 0 aliphatic rings. The van der Waals surface area contributed by atoms with E-state index in [-0.39, 0.29) is 5.25 Å². The molecule has 0 fully saturated rings. The third kappa shape index (κ3) is 4.23. The number of thiophene rings is 1. The van der Waals surface area contributed by atoms with Gasteiger partial charge in [0.25, 0.3) is 0 Å². The maximum Gasteiger partial charge on any atom is 0.134 e. The van der Waals surface area contributed by atoms with Gasteiger partial charge in [0.2, 0.25) is 0 Å². The van der Waals surface area contributed by atoms with Crippen LogP contribution in [-0.4, -0.2) is 29.4 Å². The second kappa shape index (κ2) is 7.04. The zero-order valence-electron chi connectivity index (χ0n) is 9.99. The molecular formula is C11H19NO2S2. The molecule has 0 aromatic carbocycles. The summed E-state index contributed by atoms with van der Waals surface area (Å²) in [6, 6.07) is 1.98. The molecule has 0 amide bonds. The van der Waals surface area contributed by atoms with Crippen molar-refractivity contribution in [3.63, 3.8) is 0 Å². The van der Waals surface area contributed by atoms with Gasteiger partial charge in [-0.3, -0.25) is 4.21 Å². The lowest BCUT2D eigenvalue weighted by Crippen LogP contribution is -2.20. The van der Waals surface area contributed by atoms with Crippen molar-refractivity contribution in [3.8, 4) is 5.75 Å². The molecule has 16 heavy (non-hydrogen) atoms. The summed E-state index contributed by atoms with van der Waals surface area (Å²) in [5.74, 6) is 0.949. The minimum absolute atomic E-state index is 0.262. The van der Waals surface area contributed by atoms with Crippen LogP contribution < -0.4 is 10.1 Å². The Kier molecular flexibility index (Phi) is 6.01. The number of hydrogen-bond acceptors (Lipinski definition) is 4. The SMILES string of the molecule is COc1ccsc1CNCCC(C)S(C)=O. The van der Waals surface area contributed by atoms with E-state index in [1.807, 2.05) is 18.4 Å². The zero-order valence-corrected chi connectivity index (χ0v) is 11.6. The lowest BCUT2D eigenvalue weighted by molar-refractivity contribution is 0.410. The van der Waals surface area contributed by atoms with E-state index in [0.29, 0.717) is 0 Å². The minimum atomic E-state index is -0.719. The van der Waals surface area contributed by atoms with Crippen LogP contribution >= 0.6 is 11.3 Å². The van der Waals surface area contributed by atoms with Gasteiger partial charge in [0.15, 0.2) is 0 Å². The lowest BCUT2D eigenvalue weighted by Gasteiger charge is -2.09. The highest BCUT2D eigenvalue weighted by molar-refractivity contribution is 7.84. The Balaban J connectivity index is 2.23. The average Bonchev–Trinajstić information content (AvgIpc) is 2.71. The largest absolute Gasteiger partial charge is 0.496 e. The van der Waals surface area contributed by atoms with Gasteiger partial charge in [0, 0.05) is 28.9 Å². The molecule has 0 radical (unpaired) electrons. The van der Waals surface area contributed by atoms with Crippen LogP contribution in [0.4, 0.5) is 0 Å². The van der Waals surface area contributed by atoms with E-state index in [0.717, 1.165) is 25.3 Å². The van der Waals surface area contributed by atoms with Crippen molar-refractivity contribution in [3.05, 3.63) is 16.3 Å². The van der Waals surface area contributed by atoms with Crippen molar-refractivity contribution in [2.75, 3.05) is 19.9 Å². The van der Waals surface area contributed by atoms with Crippen molar-refractivity contribution in [2.45, 2.75) is 25.1 Å². The molecular weight excluding hydrogens is 242 g/mol. The Morgan fingerprint density at radius 2 is 2.38 bits per heavy atom. The fourth-order valence-electron chi connectivity index (χ4n) is 1.31. The van der Waals surface area contributed by atoms with E-state index in [9.17, 15) is 4.21 Å². The summed E-state index contributed by atoms with van der Waals surface area (Å²) in [5.41, 5.74) is 0.